The minimum absolute atomic E-state index is 0.0753. The lowest BCUT2D eigenvalue weighted by Gasteiger charge is -2.10. The summed E-state index contributed by atoms with van der Waals surface area (Å²) in [6.45, 7) is 5.14. The van der Waals surface area contributed by atoms with Gasteiger partial charge in [0.1, 0.15) is 22.8 Å². The minimum atomic E-state index is -0.107. The molecule has 0 saturated carbocycles. The minimum Gasteiger partial charge on any atom is -0.494 e. The summed E-state index contributed by atoms with van der Waals surface area (Å²) in [4.78, 5) is 36.0. The summed E-state index contributed by atoms with van der Waals surface area (Å²) in [5, 5.41) is 3.71. The van der Waals surface area contributed by atoms with Crippen LogP contribution in [-0.4, -0.2) is 44.1 Å². The highest BCUT2D eigenvalue weighted by molar-refractivity contribution is 9.10. The van der Waals surface area contributed by atoms with Crippen LogP contribution in [0.2, 0.25) is 0 Å². The summed E-state index contributed by atoms with van der Waals surface area (Å²) in [5.74, 6) is 1.43. The number of benzene rings is 3. The molecule has 0 aliphatic heterocycles. The number of aromatic nitrogens is 4. The normalized spacial score (nSPS) is 10.9. The van der Waals surface area contributed by atoms with Crippen LogP contribution < -0.4 is 9.47 Å². The van der Waals surface area contributed by atoms with Crippen molar-refractivity contribution in [3.8, 4) is 34.0 Å². The highest BCUT2D eigenvalue weighted by Crippen LogP contribution is 2.33. The summed E-state index contributed by atoms with van der Waals surface area (Å²) in [6.07, 6.45) is 3.42. The Morgan fingerprint density at radius 2 is 1.11 bits per heavy atom. The van der Waals surface area contributed by atoms with E-state index in [-0.39, 0.29) is 11.8 Å². The number of fused-ring (bicyclic) bond motifs is 2. The van der Waals surface area contributed by atoms with Gasteiger partial charge < -0.3 is 9.47 Å². The number of halogens is 2. The van der Waals surface area contributed by atoms with Gasteiger partial charge in [-0.25, -0.2) is 9.97 Å². The van der Waals surface area contributed by atoms with Gasteiger partial charge in [-0.2, -0.15) is 0 Å². The number of thiophene rings is 1. The molecular weight excluding hydrogens is 816 g/mol. The van der Waals surface area contributed by atoms with Crippen molar-refractivity contribution >= 4 is 77.1 Å². The molecule has 11 heteroatoms. The van der Waals surface area contributed by atoms with E-state index in [0.717, 1.165) is 53.7 Å². The maximum atomic E-state index is 13.3. The molecule has 0 fully saturated rings. The first-order valence-corrected chi connectivity index (χ1v) is 19.3. The molecule has 0 saturated heterocycles. The summed E-state index contributed by atoms with van der Waals surface area (Å²) in [6, 6.07) is 36.4. The van der Waals surface area contributed by atoms with Crippen LogP contribution in [0.3, 0.4) is 0 Å². The highest BCUT2D eigenvalue weighted by atomic mass is 79.9. The highest BCUT2D eigenvalue weighted by Gasteiger charge is 2.21. The molecule has 0 unspecified atom stereocenters. The Kier molecular flexibility index (Phi) is 11.0. The van der Waals surface area contributed by atoms with Crippen molar-refractivity contribution in [2.24, 2.45) is 0 Å². The molecule has 0 aliphatic rings. The van der Waals surface area contributed by atoms with E-state index in [1.165, 1.54) is 11.3 Å². The van der Waals surface area contributed by atoms with E-state index >= 15 is 0 Å². The Bertz CT molecular complexity index is 2530. The number of pyridine rings is 2. The van der Waals surface area contributed by atoms with E-state index in [0.29, 0.717) is 34.9 Å². The standard InChI is InChI=1S/C22H17BrN2O2.C20H15BrN2O2S/c1-2-27-19-10-8-15(9-11-19)20-13-17-12-18(23)14-24-21(17)25(20)22(26)16-6-4-3-5-7-16;1-2-25-16-7-5-13(6-8-16)17-11-14-10-15(21)12-22-19(14)23(17)20(24)18-4-3-9-26-18/h3-14H,2H2,1H3;3-12H,2H2,1H3. The Labute approximate surface area is 326 Å². The molecule has 53 heavy (non-hydrogen) atoms. The van der Waals surface area contributed by atoms with Gasteiger partial charge >= 0.3 is 0 Å². The average Bonchev–Trinajstić information content (AvgIpc) is 3.94. The van der Waals surface area contributed by atoms with E-state index in [4.69, 9.17) is 9.47 Å². The Balaban J connectivity index is 0.000000164. The number of ether oxygens (including phenoxy) is 2. The van der Waals surface area contributed by atoms with Gasteiger partial charge in [0.25, 0.3) is 11.8 Å². The van der Waals surface area contributed by atoms with Crippen molar-refractivity contribution in [2.75, 3.05) is 13.2 Å². The fourth-order valence-corrected chi connectivity index (χ4v) is 7.32. The fraction of sp³-hybridized carbons (Fsp3) is 0.0952. The molecular formula is C42H32Br2N4O4S. The average molecular weight is 849 g/mol. The van der Waals surface area contributed by atoms with Crippen molar-refractivity contribution in [1.82, 2.24) is 19.1 Å². The number of hydrogen-bond donors (Lipinski definition) is 0. The number of carbonyl (C=O) groups is 2. The van der Waals surface area contributed by atoms with E-state index < -0.39 is 0 Å². The zero-order valence-electron chi connectivity index (χ0n) is 28.7. The van der Waals surface area contributed by atoms with Gasteiger partial charge in [-0.1, -0.05) is 24.3 Å². The summed E-state index contributed by atoms with van der Waals surface area (Å²) in [7, 11) is 0. The van der Waals surface area contributed by atoms with Crippen LogP contribution in [0, 0.1) is 0 Å². The lowest BCUT2D eigenvalue weighted by Crippen LogP contribution is -2.13. The summed E-state index contributed by atoms with van der Waals surface area (Å²) >= 11 is 8.34. The van der Waals surface area contributed by atoms with Crippen LogP contribution in [0.1, 0.15) is 33.9 Å². The van der Waals surface area contributed by atoms with E-state index in [2.05, 4.69) is 41.8 Å². The van der Waals surface area contributed by atoms with E-state index in [1.807, 2.05) is 134 Å². The van der Waals surface area contributed by atoms with Crippen LogP contribution in [0.15, 0.2) is 142 Å². The van der Waals surface area contributed by atoms with Crippen LogP contribution in [-0.2, 0) is 0 Å². The van der Waals surface area contributed by atoms with Crippen LogP contribution in [0.4, 0.5) is 0 Å². The first-order chi connectivity index (χ1) is 25.8. The van der Waals surface area contributed by atoms with Gasteiger partial charge in [0.15, 0.2) is 0 Å². The maximum Gasteiger partial charge on any atom is 0.274 e. The lowest BCUT2D eigenvalue weighted by molar-refractivity contribution is 0.0959. The topological polar surface area (TPSA) is 88.2 Å². The SMILES string of the molecule is CCOc1ccc(-c2cc3cc(Br)cnc3n2C(=O)c2ccccc2)cc1.CCOc1ccc(-c2cc3cc(Br)cnc3n2C(=O)c2cccs2)cc1. The second-order valence-corrected chi connectivity index (χ2v) is 14.5. The number of carbonyl (C=O) groups excluding carboxylic acids is 2. The molecule has 0 radical (unpaired) electrons. The third kappa shape index (κ3) is 7.73. The Hall–Kier alpha value is -5.36. The van der Waals surface area contributed by atoms with Gasteiger partial charge in [0.05, 0.1) is 29.5 Å². The Morgan fingerprint density at radius 3 is 1.57 bits per heavy atom. The van der Waals surface area contributed by atoms with E-state index in [1.54, 1.807) is 21.5 Å². The molecule has 8 rings (SSSR count). The van der Waals surface area contributed by atoms with Crippen LogP contribution in [0.5, 0.6) is 11.5 Å². The van der Waals surface area contributed by atoms with E-state index in [9.17, 15) is 9.59 Å². The molecule has 264 valence electrons. The molecule has 5 aromatic heterocycles. The van der Waals surface area contributed by atoms with Crippen molar-refractivity contribution in [1.29, 1.82) is 0 Å². The predicted molar refractivity (Wildman–Crippen MR) is 218 cm³/mol. The largest absolute Gasteiger partial charge is 0.494 e. The fourth-order valence-electron chi connectivity index (χ4n) is 5.97. The Morgan fingerprint density at radius 1 is 0.623 bits per heavy atom. The first kappa shape index (κ1) is 36.0. The monoisotopic (exact) mass is 846 g/mol. The van der Waals surface area contributed by atoms with Crippen molar-refractivity contribution in [3.05, 3.63) is 152 Å². The smallest absolute Gasteiger partial charge is 0.274 e. The van der Waals surface area contributed by atoms with Gasteiger partial charge in [-0.3, -0.25) is 18.7 Å². The summed E-state index contributed by atoms with van der Waals surface area (Å²) in [5.41, 5.74) is 5.38. The molecule has 8 nitrogen and oxygen atoms in total. The second kappa shape index (κ2) is 16.1. The molecule has 0 N–H and O–H groups in total. The lowest BCUT2D eigenvalue weighted by atomic mass is 10.1. The zero-order valence-corrected chi connectivity index (χ0v) is 32.7. The molecule has 0 atom stereocenters. The number of nitrogens with zero attached hydrogens (tertiary/aromatic N) is 4. The molecule has 0 spiro atoms. The maximum absolute atomic E-state index is 13.3. The predicted octanol–water partition coefficient (Wildman–Crippen LogP) is 11.2. The third-order valence-corrected chi connectivity index (χ3v) is 10.0. The van der Waals surface area contributed by atoms with Crippen LogP contribution >= 0.6 is 43.2 Å². The molecule has 5 heterocycles. The molecule has 3 aromatic carbocycles. The van der Waals surface area contributed by atoms with Crippen molar-refractivity contribution in [2.45, 2.75) is 13.8 Å². The zero-order chi connectivity index (χ0) is 36.9. The molecule has 0 bridgehead atoms. The molecule has 0 amide bonds. The van der Waals surface area contributed by atoms with Crippen molar-refractivity contribution in [3.63, 3.8) is 0 Å². The first-order valence-electron chi connectivity index (χ1n) is 16.8. The third-order valence-electron chi connectivity index (χ3n) is 8.29. The van der Waals surface area contributed by atoms with Gasteiger partial charge in [-0.15, -0.1) is 11.3 Å². The quantitative estimate of drug-likeness (QED) is 0.151. The molecule has 8 aromatic rings. The van der Waals surface area contributed by atoms with Crippen LogP contribution in [0.25, 0.3) is 44.6 Å². The van der Waals surface area contributed by atoms with Gasteiger partial charge in [0.2, 0.25) is 0 Å². The van der Waals surface area contributed by atoms with Gasteiger partial charge in [0, 0.05) is 37.7 Å². The molecule has 0 aliphatic carbocycles. The van der Waals surface area contributed by atoms with Gasteiger partial charge in [-0.05, 0) is 153 Å². The second-order valence-electron chi connectivity index (χ2n) is 11.7. The number of rotatable bonds is 8. The van der Waals surface area contributed by atoms with Crippen molar-refractivity contribution < 1.29 is 19.1 Å². The number of hydrogen-bond acceptors (Lipinski definition) is 7. The summed E-state index contributed by atoms with van der Waals surface area (Å²) < 4.78 is 16.2.